The van der Waals surface area contributed by atoms with Crippen LogP contribution in [0, 0.1) is 0 Å². The molecule has 0 fully saturated rings. The SMILES string of the molecule is COc1cccc2c1CCC[C@@H]2CCNCCc1ccc2c(c1)CC(=O)N2OS(C)(=O)=O. The lowest BCUT2D eigenvalue weighted by Gasteiger charge is -2.27. The van der Waals surface area contributed by atoms with Gasteiger partial charge in [-0.25, -0.2) is 0 Å². The van der Waals surface area contributed by atoms with E-state index in [1.165, 1.54) is 24.0 Å². The lowest BCUT2D eigenvalue weighted by atomic mass is 9.80. The third kappa shape index (κ3) is 5.14. The van der Waals surface area contributed by atoms with Gasteiger partial charge in [-0.1, -0.05) is 24.3 Å². The number of nitrogens with one attached hydrogen (secondary N) is 1. The lowest BCUT2D eigenvalue weighted by Crippen LogP contribution is -2.29. The molecule has 4 rings (SSSR count). The second-order valence-electron chi connectivity index (χ2n) is 8.51. The summed E-state index contributed by atoms with van der Waals surface area (Å²) in [5.41, 5.74) is 5.21. The molecule has 0 radical (unpaired) electrons. The Balaban J connectivity index is 1.28. The number of benzene rings is 2. The fourth-order valence-corrected chi connectivity index (χ4v) is 5.19. The van der Waals surface area contributed by atoms with Crippen molar-refractivity contribution >= 4 is 21.7 Å². The maximum Gasteiger partial charge on any atom is 0.285 e. The molecule has 32 heavy (non-hydrogen) atoms. The van der Waals surface area contributed by atoms with E-state index < -0.39 is 10.1 Å². The average Bonchev–Trinajstić information content (AvgIpc) is 3.06. The molecule has 1 aliphatic carbocycles. The quantitative estimate of drug-likeness (QED) is 0.581. The molecule has 7 nitrogen and oxygen atoms in total. The Morgan fingerprint density at radius 1 is 1.19 bits per heavy atom. The maximum absolute atomic E-state index is 12.1. The average molecular weight is 459 g/mol. The first kappa shape index (κ1) is 22.8. The number of hydrogen-bond donors (Lipinski definition) is 1. The molecule has 0 unspecified atom stereocenters. The minimum Gasteiger partial charge on any atom is -0.496 e. The molecule has 0 saturated heterocycles. The van der Waals surface area contributed by atoms with Crippen LogP contribution in [0.4, 0.5) is 5.69 Å². The van der Waals surface area contributed by atoms with Crippen molar-refractivity contribution in [3.63, 3.8) is 0 Å². The van der Waals surface area contributed by atoms with Crippen LogP contribution in [-0.4, -0.2) is 40.8 Å². The number of methoxy groups -OCH3 is 1. The second kappa shape index (κ2) is 9.60. The molecule has 0 saturated carbocycles. The monoisotopic (exact) mass is 458 g/mol. The Labute approximate surface area is 189 Å². The number of fused-ring (bicyclic) bond motifs is 2. The van der Waals surface area contributed by atoms with Crippen molar-refractivity contribution in [2.24, 2.45) is 0 Å². The van der Waals surface area contributed by atoms with Gasteiger partial charge in [-0.3, -0.25) is 4.79 Å². The molecule has 1 atom stereocenters. The highest BCUT2D eigenvalue weighted by molar-refractivity contribution is 7.86. The van der Waals surface area contributed by atoms with Crippen LogP contribution in [0.2, 0.25) is 0 Å². The minimum atomic E-state index is -3.76. The molecule has 0 bridgehead atoms. The van der Waals surface area contributed by atoms with Crippen molar-refractivity contribution in [1.82, 2.24) is 5.32 Å². The van der Waals surface area contributed by atoms with E-state index in [0.29, 0.717) is 11.6 Å². The van der Waals surface area contributed by atoms with Crippen molar-refractivity contribution in [3.8, 4) is 5.75 Å². The van der Waals surface area contributed by atoms with Gasteiger partial charge in [0.05, 0.1) is 25.5 Å². The fraction of sp³-hybridized carbons (Fsp3) is 0.458. The summed E-state index contributed by atoms with van der Waals surface area (Å²) in [6.45, 7) is 1.79. The molecular formula is C24H30N2O5S. The largest absolute Gasteiger partial charge is 0.496 e. The molecule has 8 heteroatoms. The number of nitrogens with zero attached hydrogens (tertiary/aromatic N) is 1. The number of anilines is 1. The van der Waals surface area contributed by atoms with Gasteiger partial charge in [0.1, 0.15) is 5.75 Å². The summed E-state index contributed by atoms with van der Waals surface area (Å²) < 4.78 is 33.2. The van der Waals surface area contributed by atoms with Crippen LogP contribution in [0.15, 0.2) is 36.4 Å². The standard InChI is InChI=1S/C24H30N2O5S/c1-30-23-8-4-6-20-18(5-3-7-21(20)23)12-14-25-13-11-17-9-10-22-19(15-17)16-24(27)26(22)31-32(2,28)29/h4,6,8-10,15,18,25H,3,5,7,11-14,16H2,1-2H3/t18-/m1/s1. The van der Waals surface area contributed by atoms with E-state index in [2.05, 4.69) is 23.5 Å². The van der Waals surface area contributed by atoms with Crippen LogP contribution in [0.5, 0.6) is 5.75 Å². The summed E-state index contributed by atoms with van der Waals surface area (Å²) in [5.74, 6) is 1.20. The van der Waals surface area contributed by atoms with Crippen LogP contribution < -0.4 is 15.1 Å². The summed E-state index contributed by atoms with van der Waals surface area (Å²) >= 11 is 0. The molecule has 2 aliphatic rings. The van der Waals surface area contributed by atoms with Crippen molar-refractivity contribution in [1.29, 1.82) is 0 Å². The van der Waals surface area contributed by atoms with Crippen LogP contribution in [0.1, 0.15) is 47.4 Å². The predicted octanol–water partition coefficient (Wildman–Crippen LogP) is 3.12. The summed E-state index contributed by atoms with van der Waals surface area (Å²) in [4.78, 5) is 12.1. The Kier molecular flexibility index (Phi) is 6.83. The summed E-state index contributed by atoms with van der Waals surface area (Å²) in [5, 5.41) is 4.42. The van der Waals surface area contributed by atoms with E-state index >= 15 is 0 Å². The number of ether oxygens (including phenoxy) is 1. The van der Waals surface area contributed by atoms with Gasteiger partial charge in [0.2, 0.25) is 0 Å². The molecule has 1 heterocycles. The zero-order valence-electron chi connectivity index (χ0n) is 18.6. The number of hydroxylamine groups is 1. The molecule has 0 aromatic heterocycles. The van der Waals surface area contributed by atoms with E-state index in [4.69, 9.17) is 9.02 Å². The third-order valence-electron chi connectivity index (χ3n) is 6.21. The van der Waals surface area contributed by atoms with Crippen molar-refractivity contribution in [3.05, 3.63) is 58.7 Å². The lowest BCUT2D eigenvalue weighted by molar-refractivity contribution is -0.121. The third-order valence-corrected chi connectivity index (χ3v) is 6.63. The molecular weight excluding hydrogens is 428 g/mol. The smallest absolute Gasteiger partial charge is 0.285 e. The van der Waals surface area contributed by atoms with Gasteiger partial charge in [-0.2, -0.15) is 13.5 Å². The minimum absolute atomic E-state index is 0.149. The topological polar surface area (TPSA) is 84.9 Å². The van der Waals surface area contributed by atoms with Crippen LogP contribution in [0.3, 0.4) is 0 Å². The molecule has 172 valence electrons. The number of rotatable bonds is 9. The van der Waals surface area contributed by atoms with Gasteiger partial charge in [0.15, 0.2) is 0 Å². The first-order chi connectivity index (χ1) is 15.4. The summed E-state index contributed by atoms with van der Waals surface area (Å²) in [6, 6.07) is 12.0. The Bertz CT molecular complexity index is 1100. The molecule has 2 aromatic carbocycles. The van der Waals surface area contributed by atoms with Crippen molar-refractivity contribution < 1.29 is 22.2 Å². The Morgan fingerprint density at radius 3 is 2.81 bits per heavy atom. The highest BCUT2D eigenvalue weighted by Gasteiger charge is 2.31. The predicted molar refractivity (Wildman–Crippen MR) is 123 cm³/mol. The normalized spacial score (nSPS) is 17.9. The molecule has 1 aliphatic heterocycles. The van der Waals surface area contributed by atoms with Gasteiger partial charge < -0.3 is 10.1 Å². The maximum atomic E-state index is 12.1. The first-order valence-electron chi connectivity index (χ1n) is 11.1. The second-order valence-corrected chi connectivity index (χ2v) is 10.1. The number of carbonyl (C=O) groups excluding carboxylic acids is 1. The molecule has 0 spiro atoms. The Hall–Kier alpha value is -2.42. The van der Waals surface area contributed by atoms with Gasteiger partial charge in [-0.15, -0.1) is 4.28 Å². The van der Waals surface area contributed by atoms with E-state index in [1.54, 1.807) is 13.2 Å². The van der Waals surface area contributed by atoms with E-state index in [9.17, 15) is 13.2 Å². The van der Waals surface area contributed by atoms with Crippen molar-refractivity contribution in [2.75, 3.05) is 31.5 Å². The van der Waals surface area contributed by atoms with Gasteiger partial charge in [0.25, 0.3) is 16.0 Å². The highest BCUT2D eigenvalue weighted by atomic mass is 32.2. The summed E-state index contributed by atoms with van der Waals surface area (Å²) in [6.07, 6.45) is 6.52. The Morgan fingerprint density at radius 2 is 2.03 bits per heavy atom. The van der Waals surface area contributed by atoms with Gasteiger partial charge >= 0.3 is 0 Å². The number of carbonyl (C=O) groups is 1. The molecule has 1 N–H and O–H groups in total. The fourth-order valence-electron chi connectivity index (χ4n) is 4.76. The zero-order valence-corrected chi connectivity index (χ0v) is 19.4. The molecule has 2 aromatic rings. The van der Waals surface area contributed by atoms with Gasteiger partial charge in [-0.05, 0) is 85.5 Å². The number of amides is 1. The summed E-state index contributed by atoms with van der Waals surface area (Å²) in [7, 11) is -2.02. The van der Waals surface area contributed by atoms with Crippen LogP contribution in [-0.2, 0) is 38.5 Å². The van der Waals surface area contributed by atoms with Crippen LogP contribution >= 0.6 is 0 Å². The van der Waals surface area contributed by atoms with E-state index in [1.807, 2.05) is 12.1 Å². The zero-order chi connectivity index (χ0) is 22.7. The first-order valence-corrected chi connectivity index (χ1v) is 12.9. The van der Waals surface area contributed by atoms with Crippen molar-refractivity contribution in [2.45, 2.75) is 44.4 Å². The molecule has 1 amide bonds. The van der Waals surface area contributed by atoms with E-state index in [0.717, 1.165) is 60.5 Å². The van der Waals surface area contributed by atoms with Crippen LogP contribution in [0.25, 0.3) is 0 Å². The van der Waals surface area contributed by atoms with E-state index in [-0.39, 0.29) is 12.3 Å². The highest BCUT2D eigenvalue weighted by Crippen LogP contribution is 2.38. The van der Waals surface area contributed by atoms with Gasteiger partial charge in [0, 0.05) is 0 Å². The number of hydrogen-bond acceptors (Lipinski definition) is 6.